The van der Waals surface area contributed by atoms with Gasteiger partial charge >= 0.3 is 6.61 Å². The Bertz CT molecular complexity index is 478. The first kappa shape index (κ1) is 13.1. The number of carbonyl (C=O) groups excluding carboxylic acids is 1. The van der Waals surface area contributed by atoms with E-state index < -0.39 is 6.61 Å². The molecular weight excluding hydrogens is 228 g/mol. The van der Waals surface area contributed by atoms with E-state index in [9.17, 15) is 13.6 Å². The lowest BCUT2D eigenvalue weighted by atomic mass is 9.98. The largest absolute Gasteiger partial charge is 0.433 e. The van der Waals surface area contributed by atoms with E-state index in [1.807, 2.05) is 0 Å². The molecule has 17 heavy (non-hydrogen) atoms. The molecular formula is C12H11F2NO2. The first-order valence-corrected chi connectivity index (χ1v) is 5.03. The van der Waals surface area contributed by atoms with Crippen molar-refractivity contribution in [3.05, 3.63) is 28.8 Å². The number of hydrogen-bond donors (Lipinski definition) is 0. The maximum absolute atomic E-state index is 12.3. The Morgan fingerprint density at radius 3 is 2.59 bits per heavy atom. The van der Waals surface area contributed by atoms with Crippen molar-refractivity contribution in [2.24, 2.45) is 0 Å². The molecule has 0 radical (unpaired) electrons. The third-order valence-corrected chi connectivity index (χ3v) is 2.32. The molecule has 0 saturated carbocycles. The van der Waals surface area contributed by atoms with Crippen LogP contribution in [0.25, 0.3) is 0 Å². The quantitative estimate of drug-likeness (QED) is 0.759. The minimum absolute atomic E-state index is 0.00662. The average Bonchev–Trinajstić information content (AvgIpc) is 2.27. The molecule has 5 heteroatoms. The molecule has 0 heterocycles. The normalized spacial score (nSPS) is 10.1. The van der Waals surface area contributed by atoms with Crippen LogP contribution in [-0.2, 0) is 6.42 Å². The SMILES string of the molecule is CCc1c(C(C)=O)ccc(C#N)c1OC(F)F. The highest BCUT2D eigenvalue weighted by atomic mass is 19.3. The van der Waals surface area contributed by atoms with Crippen molar-refractivity contribution < 1.29 is 18.3 Å². The molecule has 1 aromatic carbocycles. The molecule has 0 saturated heterocycles. The van der Waals surface area contributed by atoms with E-state index in [2.05, 4.69) is 4.74 Å². The molecule has 0 fully saturated rings. The summed E-state index contributed by atoms with van der Waals surface area (Å²) in [5.74, 6) is -0.442. The Morgan fingerprint density at radius 2 is 2.18 bits per heavy atom. The number of Topliss-reactive ketones (excluding diaryl/α,β-unsaturated/α-hetero) is 1. The molecule has 0 spiro atoms. The molecule has 1 aromatic rings. The summed E-state index contributed by atoms with van der Waals surface area (Å²) < 4.78 is 28.9. The van der Waals surface area contributed by atoms with Crippen LogP contribution in [0.1, 0.15) is 35.3 Å². The van der Waals surface area contributed by atoms with Gasteiger partial charge in [-0.1, -0.05) is 6.92 Å². The van der Waals surface area contributed by atoms with Crippen LogP contribution in [0.2, 0.25) is 0 Å². The number of ketones is 1. The van der Waals surface area contributed by atoms with Crippen LogP contribution in [0.15, 0.2) is 12.1 Å². The van der Waals surface area contributed by atoms with E-state index in [4.69, 9.17) is 5.26 Å². The first-order valence-electron chi connectivity index (χ1n) is 5.03. The van der Waals surface area contributed by atoms with Gasteiger partial charge in [-0.3, -0.25) is 4.79 Å². The molecule has 0 aliphatic heterocycles. The van der Waals surface area contributed by atoms with E-state index in [0.717, 1.165) is 0 Å². The number of hydrogen-bond acceptors (Lipinski definition) is 3. The van der Waals surface area contributed by atoms with Crippen LogP contribution >= 0.6 is 0 Å². The fraction of sp³-hybridized carbons (Fsp3) is 0.333. The molecule has 0 N–H and O–H groups in total. The number of carbonyl (C=O) groups is 1. The van der Waals surface area contributed by atoms with Crippen molar-refractivity contribution in [2.45, 2.75) is 26.9 Å². The van der Waals surface area contributed by atoms with Gasteiger partial charge in [0.05, 0.1) is 5.56 Å². The highest BCUT2D eigenvalue weighted by Gasteiger charge is 2.18. The Morgan fingerprint density at radius 1 is 1.53 bits per heavy atom. The number of alkyl halides is 2. The summed E-state index contributed by atoms with van der Waals surface area (Å²) in [6.45, 7) is 0.0307. The molecule has 1 rings (SSSR count). The van der Waals surface area contributed by atoms with Gasteiger partial charge < -0.3 is 4.74 Å². The van der Waals surface area contributed by atoms with Crippen molar-refractivity contribution in [2.75, 3.05) is 0 Å². The zero-order valence-corrected chi connectivity index (χ0v) is 9.46. The summed E-state index contributed by atoms with van der Waals surface area (Å²) in [6.07, 6.45) is 0.340. The highest BCUT2D eigenvalue weighted by Crippen LogP contribution is 2.29. The van der Waals surface area contributed by atoms with Gasteiger partial charge in [0.15, 0.2) is 5.78 Å². The summed E-state index contributed by atoms with van der Waals surface area (Å²) in [6, 6.07) is 4.54. The standard InChI is InChI=1S/C12H11F2NO2/c1-3-9-10(7(2)16)5-4-8(6-15)11(9)17-12(13)14/h4-5,12H,3H2,1-2H3. The third kappa shape index (κ3) is 2.78. The molecule has 0 aliphatic carbocycles. The van der Waals surface area contributed by atoms with Gasteiger partial charge in [-0.25, -0.2) is 0 Å². The van der Waals surface area contributed by atoms with Crippen LogP contribution < -0.4 is 4.74 Å². The number of nitrogens with zero attached hydrogens (tertiary/aromatic N) is 1. The number of benzene rings is 1. The summed E-state index contributed by atoms with van der Waals surface area (Å²) in [5.41, 5.74) is 0.658. The monoisotopic (exact) mass is 239 g/mol. The number of nitriles is 1. The second-order valence-corrected chi connectivity index (χ2v) is 3.37. The van der Waals surface area contributed by atoms with Gasteiger partial charge in [0.25, 0.3) is 0 Å². The van der Waals surface area contributed by atoms with E-state index in [0.29, 0.717) is 17.5 Å². The second-order valence-electron chi connectivity index (χ2n) is 3.37. The lowest BCUT2D eigenvalue weighted by molar-refractivity contribution is -0.0506. The van der Waals surface area contributed by atoms with Crippen LogP contribution in [0.3, 0.4) is 0 Å². The first-order chi connectivity index (χ1) is 8.01. The van der Waals surface area contributed by atoms with Gasteiger partial charge in [0.2, 0.25) is 0 Å². The average molecular weight is 239 g/mol. The summed E-state index contributed by atoms with van der Waals surface area (Å²) in [7, 11) is 0. The Hall–Kier alpha value is -1.96. The predicted octanol–water partition coefficient (Wildman–Crippen LogP) is 2.92. The number of rotatable bonds is 4. The summed E-state index contributed by atoms with van der Waals surface area (Å²) in [4.78, 5) is 11.3. The Balaban J connectivity index is 3.44. The molecule has 0 unspecified atom stereocenters. The smallest absolute Gasteiger partial charge is 0.387 e. The van der Waals surface area contributed by atoms with E-state index in [-0.39, 0.29) is 17.1 Å². The van der Waals surface area contributed by atoms with Gasteiger partial charge in [0.1, 0.15) is 11.8 Å². The van der Waals surface area contributed by atoms with Crippen LogP contribution in [-0.4, -0.2) is 12.4 Å². The van der Waals surface area contributed by atoms with Crippen LogP contribution in [0.4, 0.5) is 8.78 Å². The van der Waals surface area contributed by atoms with Crippen molar-refractivity contribution >= 4 is 5.78 Å². The Kier molecular flexibility index (Phi) is 4.16. The minimum Gasteiger partial charge on any atom is -0.433 e. The zero-order chi connectivity index (χ0) is 13.0. The van der Waals surface area contributed by atoms with Gasteiger partial charge in [0, 0.05) is 11.1 Å². The molecule has 0 amide bonds. The van der Waals surface area contributed by atoms with Crippen molar-refractivity contribution in [3.8, 4) is 11.8 Å². The van der Waals surface area contributed by atoms with Gasteiger partial charge in [-0.05, 0) is 25.5 Å². The lowest BCUT2D eigenvalue weighted by Gasteiger charge is -2.13. The molecule has 90 valence electrons. The van der Waals surface area contributed by atoms with E-state index >= 15 is 0 Å². The summed E-state index contributed by atoms with van der Waals surface area (Å²) >= 11 is 0. The fourth-order valence-corrected chi connectivity index (χ4v) is 1.62. The maximum Gasteiger partial charge on any atom is 0.387 e. The Labute approximate surface area is 97.6 Å². The van der Waals surface area contributed by atoms with Crippen molar-refractivity contribution in [1.82, 2.24) is 0 Å². The topological polar surface area (TPSA) is 50.1 Å². The third-order valence-electron chi connectivity index (χ3n) is 2.32. The number of ether oxygens (including phenoxy) is 1. The van der Waals surface area contributed by atoms with E-state index in [1.165, 1.54) is 19.1 Å². The minimum atomic E-state index is -3.02. The predicted molar refractivity (Wildman–Crippen MR) is 57.2 cm³/mol. The fourth-order valence-electron chi connectivity index (χ4n) is 1.62. The molecule has 0 aromatic heterocycles. The van der Waals surface area contributed by atoms with Crippen molar-refractivity contribution in [1.29, 1.82) is 5.26 Å². The lowest BCUT2D eigenvalue weighted by Crippen LogP contribution is -2.09. The van der Waals surface area contributed by atoms with Gasteiger partial charge in [-0.2, -0.15) is 14.0 Å². The molecule has 3 nitrogen and oxygen atoms in total. The molecule has 0 bridgehead atoms. The zero-order valence-electron chi connectivity index (χ0n) is 9.46. The van der Waals surface area contributed by atoms with Gasteiger partial charge in [-0.15, -0.1) is 0 Å². The van der Waals surface area contributed by atoms with Crippen LogP contribution in [0, 0.1) is 11.3 Å². The summed E-state index contributed by atoms with van der Waals surface area (Å²) in [5, 5.41) is 8.82. The van der Waals surface area contributed by atoms with Crippen LogP contribution in [0.5, 0.6) is 5.75 Å². The number of halogens is 2. The maximum atomic E-state index is 12.3. The van der Waals surface area contributed by atoms with E-state index in [1.54, 1.807) is 13.0 Å². The van der Waals surface area contributed by atoms with Crippen molar-refractivity contribution in [3.63, 3.8) is 0 Å². The molecule has 0 aliphatic rings. The highest BCUT2D eigenvalue weighted by molar-refractivity contribution is 5.96. The molecule has 0 atom stereocenters. The second kappa shape index (κ2) is 5.39.